The second-order valence-electron chi connectivity index (χ2n) is 3.09. The van der Waals surface area contributed by atoms with Gasteiger partial charge >= 0.3 is 0 Å². The predicted octanol–water partition coefficient (Wildman–Crippen LogP) is 2.97. The highest BCUT2D eigenvalue weighted by atomic mass is 32.2. The molecule has 0 fully saturated rings. The van der Waals surface area contributed by atoms with Crippen LogP contribution in [-0.2, 0) is 0 Å². The second kappa shape index (κ2) is 2.46. The molecule has 2 unspecified atom stereocenters. The highest BCUT2D eigenvalue weighted by molar-refractivity contribution is 8.03. The van der Waals surface area contributed by atoms with Gasteiger partial charge < -0.3 is 0 Å². The van der Waals surface area contributed by atoms with Crippen LogP contribution in [-0.4, -0.2) is 5.25 Å². The molecule has 0 aromatic rings. The quantitative estimate of drug-likeness (QED) is 0.481. The maximum Gasteiger partial charge on any atom is 0.0191 e. The third kappa shape index (κ3) is 0.929. The Morgan fingerprint density at radius 1 is 1.40 bits per heavy atom. The molecule has 0 saturated carbocycles. The van der Waals surface area contributed by atoms with Crippen molar-refractivity contribution in [1.29, 1.82) is 0 Å². The molecule has 10 heavy (non-hydrogen) atoms. The van der Waals surface area contributed by atoms with Gasteiger partial charge in [0.15, 0.2) is 0 Å². The molecule has 0 bridgehead atoms. The number of hydrogen-bond acceptors (Lipinski definition) is 1. The van der Waals surface area contributed by atoms with Crippen LogP contribution in [0.4, 0.5) is 0 Å². The van der Waals surface area contributed by atoms with E-state index in [1.165, 1.54) is 12.8 Å². The van der Waals surface area contributed by atoms with Crippen LogP contribution in [0.5, 0.6) is 0 Å². The molecule has 1 aliphatic carbocycles. The lowest BCUT2D eigenvalue weighted by Crippen LogP contribution is -2.15. The van der Waals surface area contributed by atoms with Gasteiger partial charge in [-0.15, -0.1) is 11.8 Å². The van der Waals surface area contributed by atoms with Crippen molar-refractivity contribution in [3.63, 3.8) is 0 Å². The Hall–Kier alpha value is -0.170. The van der Waals surface area contributed by atoms with E-state index in [1.54, 1.807) is 5.57 Å². The molecule has 54 valence electrons. The minimum Gasteiger partial charge on any atom is -0.130 e. The fourth-order valence-corrected chi connectivity index (χ4v) is 3.00. The molecule has 2 atom stereocenters. The minimum absolute atomic E-state index is 0.870. The molecule has 1 heterocycles. The van der Waals surface area contributed by atoms with Crippen LogP contribution in [0.15, 0.2) is 23.1 Å². The van der Waals surface area contributed by atoms with Crippen LogP contribution in [0.25, 0.3) is 0 Å². The van der Waals surface area contributed by atoms with Crippen LogP contribution >= 0.6 is 11.8 Å². The molecule has 0 aromatic heterocycles. The van der Waals surface area contributed by atoms with Crippen molar-refractivity contribution in [2.24, 2.45) is 5.92 Å². The van der Waals surface area contributed by atoms with Crippen LogP contribution in [0.1, 0.15) is 19.8 Å². The largest absolute Gasteiger partial charge is 0.130 e. The molecular weight excluding hydrogens is 140 g/mol. The van der Waals surface area contributed by atoms with E-state index >= 15 is 0 Å². The van der Waals surface area contributed by atoms with Crippen molar-refractivity contribution in [3.8, 4) is 0 Å². The molecule has 0 aromatic carbocycles. The number of rotatable bonds is 0. The first kappa shape index (κ1) is 6.53. The highest BCUT2D eigenvalue weighted by Gasteiger charge is 2.27. The first-order chi connectivity index (χ1) is 4.88. The van der Waals surface area contributed by atoms with E-state index in [0.29, 0.717) is 0 Å². The zero-order valence-corrected chi connectivity index (χ0v) is 7.03. The predicted molar refractivity (Wildman–Crippen MR) is 47.0 cm³/mol. The van der Waals surface area contributed by atoms with Crippen molar-refractivity contribution in [1.82, 2.24) is 0 Å². The molecule has 1 aliphatic heterocycles. The number of hydrogen-bond donors (Lipinski definition) is 0. The van der Waals surface area contributed by atoms with Crippen molar-refractivity contribution >= 4 is 11.8 Å². The van der Waals surface area contributed by atoms with E-state index in [0.717, 1.165) is 11.2 Å². The molecule has 0 amide bonds. The van der Waals surface area contributed by atoms with E-state index in [1.807, 2.05) is 11.8 Å². The number of fused-ring (bicyclic) bond motifs is 1. The molecule has 2 aliphatic rings. The summed E-state index contributed by atoms with van der Waals surface area (Å²) in [4.78, 5) is 0. The summed E-state index contributed by atoms with van der Waals surface area (Å²) in [7, 11) is 0. The molecule has 2 rings (SSSR count). The van der Waals surface area contributed by atoms with Gasteiger partial charge in [-0.05, 0) is 31.1 Å². The van der Waals surface area contributed by atoms with Gasteiger partial charge in [-0.1, -0.05) is 17.7 Å². The molecule has 1 heteroatoms. The monoisotopic (exact) mass is 152 g/mol. The van der Waals surface area contributed by atoms with Gasteiger partial charge in [0.2, 0.25) is 0 Å². The maximum absolute atomic E-state index is 2.34. The summed E-state index contributed by atoms with van der Waals surface area (Å²) >= 11 is 2.02. The average molecular weight is 152 g/mol. The summed E-state index contributed by atoms with van der Waals surface area (Å²) in [6, 6.07) is 0. The lowest BCUT2D eigenvalue weighted by atomic mass is 9.89. The van der Waals surface area contributed by atoms with E-state index in [4.69, 9.17) is 0 Å². The summed E-state index contributed by atoms with van der Waals surface area (Å²) in [5.74, 6) is 0.870. The molecule has 0 spiro atoms. The van der Waals surface area contributed by atoms with Gasteiger partial charge in [0.1, 0.15) is 0 Å². The van der Waals surface area contributed by atoms with E-state index < -0.39 is 0 Å². The summed E-state index contributed by atoms with van der Waals surface area (Å²) in [5, 5.41) is 3.22. The van der Waals surface area contributed by atoms with Crippen molar-refractivity contribution in [2.45, 2.75) is 25.0 Å². The fraction of sp³-hybridized carbons (Fsp3) is 0.556. The smallest absolute Gasteiger partial charge is 0.0191 e. The van der Waals surface area contributed by atoms with Crippen molar-refractivity contribution < 1.29 is 0 Å². The van der Waals surface area contributed by atoms with Gasteiger partial charge in [-0.2, -0.15) is 0 Å². The molecule has 0 N–H and O–H groups in total. The zero-order chi connectivity index (χ0) is 6.97. The Bertz CT molecular complexity index is 191. The third-order valence-corrected chi connectivity index (χ3v) is 3.77. The topological polar surface area (TPSA) is 0 Å². The van der Waals surface area contributed by atoms with Crippen LogP contribution in [0, 0.1) is 5.92 Å². The van der Waals surface area contributed by atoms with Crippen LogP contribution in [0.2, 0.25) is 0 Å². The SMILES string of the molecule is CC1=CSC2CC=CCC12. The van der Waals surface area contributed by atoms with Gasteiger partial charge in [-0.25, -0.2) is 0 Å². The fourth-order valence-electron chi connectivity index (χ4n) is 1.70. The van der Waals surface area contributed by atoms with Crippen molar-refractivity contribution in [2.75, 3.05) is 0 Å². The van der Waals surface area contributed by atoms with Crippen LogP contribution < -0.4 is 0 Å². The normalized spacial score (nSPS) is 37.5. The number of thioether (sulfide) groups is 1. The van der Waals surface area contributed by atoms with Gasteiger partial charge in [0, 0.05) is 5.25 Å². The lowest BCUT2D eigenvalue weighted by Gasteiger charge is -2.21. The Morgan fingerprint density at radius 2 is 2.20 bits per heavy atom. The Kier molecular flexibility index (Phi) is 1.61. The van der Waals surface area contributed by atoms with E-state index in [2.05, 4.69) is 24.5 Å². The van der Waals surface area contributed by atoms with Gasteiger partial charge in [0.05, 0.1) is 0 Å². The maximum atomic E-state index is 2.34. The first-order valence-electron chi connectivity index (χ1n) is 3.85. The van der Waals surface area contributed by atoms with Crippen molar-refractivity contribution in [3.05, 3.63) is 23.1 Å². The minimum atomic E-state index is 0.870. The molecular formula is C9H12S. The average Bonchev–Trinajstić information content (AvgIpc) is 2.34. The second-order valence-corrected chi connectivity index (χ2v) is 4.20. The molecule has 0 saturated heterocycles. The highest BCUT2D eigenvalue weighted by Crippen LogP contribution is 2.41. The summed E-state index contributed by atoms with van der Waals surface area (Å²) in [6.07, 6.45) is 7.20. The third-order valence-electron chi connectivity index (χ3n) is 2.39. The Morgan fingerprint density at radius 3 is 3.00 bits per heavy atom. The van der Waals surface area contributed by atoms with Crippen LogP contribution in [0.3, 0.4) is 0 Å². The molecule has 0 radical (unpaired) electrons. The van der Waals surface area contributed by atoms with Gasteiger partial charge in [-0.3, -0.25) is 0 Å². The van der Waals surface area contributed by atoms with E-state index in [9.17, 15) is 0 Å². The van der Waals surface area contributed by atoms with E-state index in [-0.39, 0.29) is 0 Å². The lowest BCUT2D eigenvalue weighted by molar-refractivity contribution is 0.580. The summed E-state index contributed by atoms with van der Waals surface area (Å²) in [5.41, 5.74) is 1.60. The zero-order valence-electron chi connectivity index (χ0n) is 6.21. The standard InChI is InChI=1S/C9H12S/c1-7-6-10-9-5-3-2-4-8(7)9/h2-3,6,8-9H,4-5H2,1H3. The summed E-state index contributed by atoms with van der Waals surface area (Å²) in [6.45, 7) is 2.26. The van der Waals surface area contributed by atoms with Gasteiger partial charge in [0.25, 0.3) is 0 Å². The number of allylic oxidation sites excluding steroid dienone is 3. The molecule has 0 nitrogen and oxygen atoms in total. The Labute approximate surface area is 66.4 Å². The Balaban J connectivity index is 2.17. The first-order valence-corrected chi connectivity index (χ1v) is 4.79. The summed E-state index contributed by atoms with van der Waals surface area (Å²) < 4.78 is 0.